The Labute approximate surface area is 111 Å². The molecule has 1 fully saturated rings. The lowest BCUT2D eigenvalue weighted by Gasteiger charge is -2.14. The molecular weight excluding hydrogens is 272 g/mol. The van der Waals surface area contributed by atoms with Crippen LogP contribution in [-0.2, 0) is 17.1 Å². The van der Waals surface area contributed by atoms with E-state index < -0.39 is 22.2 Å². The molecule has 2 N–H and O–H groups in total. The van der Waals surface area contributed by atoms with Crippen molar-refractivity contribution in [1.82, 2.24) is 19.4 Å². The first-order valence-corrected chi connectivity index (χ1v) is 7.60. The van der Waals surface area contributed by atoms with Gasteiger partial charge in [0.2, 0.25) is 10.0 Å². The number of hydrogen-bond acceptors (Lipinski definition) is 5. The zero-order chi connectivity index (χ0) is 14.2. The average molecular weight is 288 g/mol. The summed E-state index contributed by atoms with van der Waals surface area (Å²) in [5, 5.41) is 13.8. The number of aromatic nitrogens is 2. The summed E-state index contributed by atoms with van der Waals surface area (Å²) >= 11 is 0. The van der Waals surface area contributed by atoms with Gasteiger partial charge >= 0.3 is 0 Å². The maximum atomic E-state index is 12.1. The normalized spacial score (nSPS) is 23.8. The topological polar surface area (TPSA) is 105 Å². The first-order valence-electron chi connectivity index (χ1n) is 5.70. The number of nitrogens with one attached hydrogen (secondary N) is 1. The number of carbonyl (C=O) groups excluding carboxylic acids is 1. The fourth-order valence-electron chi connectivity index (χ4n) is 2.03. The molecule has 1 aromatic heterocycles. The number of likely N-dealkylation sites (tertiary alicyclic amines) is 1. The third-order valence-electron chi connectivity index (χ3n) is 2.87. The van der Waals surface area contributed by atoms with Crippen molar-refractivity contribution < 1.29 is 18.3 Å². The van der Waals surface area contributed by atoms with Gasteiger partial charge in [-0.15, -0.1) is 0 Å². The SMILES string of the molecule is Cn1ccc(C(=O)N2C[C@@H](O)[C@H](NS(C)(=O)=O)C2)n1. The molecule has 0 aliphatic carbocycles. The second-order valence-corrected chi connectivity index (χ2v) is 6.43. The Hall–Kier alpha value is -1.45. The highest BCUT2D eigenvalue weighted by molar-refractivity contribution is 7.88. The highest BCUT2D eigenvalue weighted by atomic mass is 32.2. The quantitative estimate of drug-likeness (QED) is 0.680. The first kappa shape index (κ1) is 14.0. The zero-order valence-electron chi connectivity index (χ0n) is 10.6. The predicted molar refractivity (Wildman–Crippen MR) is 66.9 cm³/mol. The van der Waals surface area contributed by atoms with Crippen LogP contribution in [0.4, 0.5) is 0 Å². The van der Waals surface area contributed by atoms with Crippen LogP contribution in [0.25, 0.3) is 0 Å². The van der Waals surface area contributed by atoms with Gasteiger partial charge in [0.05, 0.1) is 18.4 Å². The minimum absolute atomic E-state index is 0.0859. The number of β-amino-alcohol motifs (C(OH)–C–C–N with tert-alkyl or cyclic N) is 1. The minimum atomic E-state index is -3.42. The largest absolute Gasteiger partial charge is 0.390 e. The Balaban J connectivity index is 2.06. The standard InChI is InChI=1S/C10H16N4O4S/c1-13-4-3-7(11-13)10(16)14-5-8(9(15)6-14)12-19(2,17)18/h3-4,8-9,12,15H,5-6H2,1-2H3/t8-,9-/m1/s1. The van der Waals surface area contributed by atoms with Crippen molar-refractivity contribution in [3.63, 3.8) is 0 Å². The van der Waals surface area contributed by atoms with E-state index in [1.54, 1.807) is 19.3 Å². The minimum Gasteiger partial charge on any atom is -0.390 e. The molecule has 1 aromatic rings. The molecule has 0 unspecified atom stereocenters. The van der Waals surface area contributed by atoms with Crippen molar-refractivity contribution in [2.45, 2.75) is 12.1 Å². The first-order chi connectivity index (χ1) is 8.76. The summed E-state index contributed by atoms with van der Waals surface area (Å²) in [6.07, 6.45) is 1.75. The molecule has 8 nitrogen and oxygen atoms in total. The van der Waals surface area contributed by atoms with E-state index in [4.69, 9.17) is 0 Å². The van der Waals surface area contributed by atoms with Gasteiger partial charge in [0.15, 0.2) is 0 Å². The number of aliphatic hydroxyl groups excluding tert-OH is 1. The summed E-state index contributed by atoms with van der Waals surface area (Å²) in [6, 6.07) is 0.897. The van der Waals surface area contributed by atoms with E-state index in [0.717, 1.165) is 6.26 Å². The number of hydrogen-bond donors (Lipinski definition) is 2. The van der Waals surface area contributed by atoms with Gasteiger partial charge in [-0.05, 0) is 6.07 Å². The van der Waals surface area contributed by atoms with Crippen LogP contribution < -0.4 is 4.72 Å². The van der Waals surface area contributed by atoms with Crippen LogP contribution >= 0.6 is 0 Å². The number of sulfonamides is 1. The number of rotatable bonds is 3. The summed E-state index contributed by atoms with van der Waals surface area (Å²) in [5.74, 6) is -0.322. The molecule has 106 valence electrons. The summed E-state index contributed by atoms with van der Waals surface area (Å²) in [5.41, 5.74) is 0.273. The Morgan fingerprint density at radius 3 is 2.74 bits per heavy atom. The molecule has 1 aliphatic heterocycles. The number of nitrogens with zero attached hydrogens (tertiary/aromatic N) is 3. The molecule has 2 heterocycles. The van der Waals surface area contributed by atoms with Gasteiger partial charge < -0.3 is 10.0 Å². The molecule has 2 rings (SSSR count). The highest BCUT2D eigenvalue weighted by Gasteiger charge is 2.36. The summed E-state index contributed by atoms with van der Waals surface area (Å²) in [6.45, 7) is 0.215. The van der Waals surface area contributed by atoms with Gasteiger partial charge in [0.25, 0.3) is 5.91 Å². The van der Waals surface area contributed by atoms with Crippen LogP contribution in [0.3, 0.4) is 0 Å². The van der Waals surface area contributed by atoms with Gasteiger partial charge in [-0.25, -0.2) is 13.1 Å². The van der Waals surface area contributed by atoms with Crippen LogP contribution in [0, 0.1) is 0 Å². The smallest absolute Gasteiger partial charge is 0.274 e. The summed E-state index contributed by atoms with van der Waals surface area (Å²) in [4.78, 5) is 13.5. The molecule has 2 atom stereocenters. The van der Waals surface area contributed by atoms with Gasteiger partial charge in [-0.1, -0.05) is 0 Å². The number of aryl methyl sites for hydroxylation is 1. The van der Waals surface area contributed by atoms with Crippen molar-refractivity contribution in [3.8, 4) is 0 Å². The van der Waals surface area contributed by atoms with Gasteiger partial charge in [0, 0.05) is 26.3 Å². The molecule has 1 saturated heterocycles. The van der Waals surface area contributed by atoms with Crippen LogP contribution in [0.1, 0.15) is 10.5 Å². The van der Waals surface area contributed by atoms with E-state index in [0.29, 0.717) is 0 Å². The molecule has 1 aliphatic rings. The van der Waals surface area contributed by atoms with Gasteiger partial charge in [0.1, 0.15) is 5.69 Å². The Morgan fingerprint density at radius 1 is 1.53 bits per heavy atom. The summed E-state index contributed by atoms with van der Waals surface area (Å²) in [7, 11) is -1.72. The molecule has 0 bridgehead atoms. The lowest BCUT2D eigenvalue weighted by atomic mass is 10.2. The molecule has 0 saturated carbocycles. The lowest BCUT2D eigenvalue weighted by molar-refractivity contribution is 0.0758. The second kappa shape index (κ2) is 4.91. The van der Waals surface area contributed by atoms with E-state index in [-0.39, 0.29) is 24.7 Å². The van der Waals surface area contributed by atoms with E-state index in [9.17, 15) is 18.3 Å². The van der Waals surface area contributed by atoms with Crippen LogP contribution in [0.15, 0.2) is 12.3 Å². The average Bonchev–Trinajstić information content (AvgIpc) is 2.84. The Kier molecular flexibility index (Phi) is 3.61. The van der Waals surface area contributed by atoms with E-state index in [1.165, 1.54) is 9.58 Å². The van der Waals surface area contributed by atoms with E-state index >= 15 is 0 Å². The van der Waals surface area contributed by atoms with Crippen LogP contribution in [0.5, 0.6) is 0 Å². The van der Waals surface area contributed by atoms with Crippen molar-refractivity contribution in [3.05, 3.63) is 18.0 Å². The third kappa shape index (κ3) is 3.31. The molecular formula is C10H16N4O4S. The molecule has 0 radical (unpaired) electrons. The fourth-order valence-corrected chi connectivity index (χ4v) is 2.82. The lowest BCUT2D eigenvalue weighted by Crippen LogP contribution is -2.42. The molecule has 0 spiro atoms. The van der Waals surface area contributed by atoms with Crippen molar-refractivity contribution in [1.29, 1.82) is 0 Å². The van der Waals surface area contributed by atoms with E-state index in [1.807, 2.05) is 0 Å². The monoisotopic (exact) mass is 288 g/mol. The van der Waals surface area contributed by atoms with Crippen molar-refractivity contribution >= 4 is 15.9 Å². The van der Waals surface area contributed by atoms with Gasteiger partial charge in [-0.2, -0.15) is 5.10 Å². The number of amides is 1. The molecule has 0 aromatic carbocycles. The fraction of sp³-hybridized carbons (Fsp3) is 0.600. The molecule has 19 heavy (non-hydrogen) atoms. The second-order valence-electron chi connectivity index (χ2n) is 4.65. The molecule has 1 amide bonds. The highest BCUT2D eigenvalue weighted by Crippen LogP contribution is 2.14. The Morgan fingerprint density at radius 2 is 2.21 bits per heavy atom. The van der Waals surface area contributed by atoms with Crippen molar-refractivity contribution in [2.24, 2.45) is 7.05 Å². The van der Waals surface area contributed by atoms with Gasteiger partial charge in [-0.3, -0.25) is 9.48 Å². The number of carbonyl (C=O) groups is 1. The zero-order valence-corrected chi connectivity index (χ0v) is 11.5. The number of aliphatic hydroxyl groups is 1. The van der Waals surface area contributed by atoms with Crippen LogP contribution in [0.2, 0.25) is 0 Å². The molecule has 9 heteroatoms. The van der Waals surface area contributed by atoms with Crippen LogP contribution in [-0.4, -0.2) is 65.6 Å². The third-order valence-corrected chi connectivity index (χ3v) is 3.61. The Bertz CT molecular complexity index is 582. The summed E-state index contributed by atoms with van der Waals surface area (Å²) < 4.78 is 26.1. The maximum absolute atomic E-state index is 12.1. The van der Waals surface area contributed by atoms with E-state index in [2.05, 4.69) is 9.82 Å². The maximum Gasteiger partial charge on any atom is 0.274 e. The van der Waals surface area contributed by atoms with Crippen molar-refractivity contribution in [2.75, 3.05) is 19.3 Å². The predicted octanol–water partition coefficient (Wildman–Crippen LogP) is -1.85.